The first-order valence-electron chi connectivity index (χ1n) is 4.51. The molecule has 17 heavy (non-hydrogen) atoms. The number of carboxylic acids is 1. The summed E-state index contributed by atoms with van der Waals surface area (Å²) in [7, 11) is 0. The van der Waals surface area contributed by atoms with E-state index < -0.39 is 5.97 Å². The van der Waals surface area contributed by atoms with E-state index in [2.05, 4.69) is 15.3 Å². The number of carbonyl (C=O) groups excluding carboxylic acids is 1. The van der Waals surface area contributed by atoms with Crippen LogP contribution in [0.25, 0.3) is 0 Å². The molecular weight excluding hydrogens is 262 g/mol. The van der Waals surface area contributed by atoms with Crippen molar-refractivity contribution in [2.45, 2.75) is 6.54 Å². The lowest BCUT2D eigenvalue weighted by atomic mass is 10.5. The lowest BCUT2D eigenvalue weighted by Gasteiger charge is -1.99. The number of hydrogen-bond donors (Lipinski definition) is 2. The van der Waals surface area contributed by atoms with Crippen molar-refractivity contribution < 1.29 is 14.7 Å². The second-order valence-electron chi connectivity index (χ2n) is 2.98. The summed E-state index contributed by atoms with van der Waals surface area (Å²) < 4.78 is 0. The molecular formula is C9H7N3O3S2. The van der Waals surface area contributed by atoms with Crippen LogP contribution >= 0.6 is 22.7 Å². The molecule has 0 atom stereocenters. The Bertz CT molecular complexity index is 535. The van der Waals surface area contributed by atoms with Crippen molar-refractivity contribution >= 4 is 34.6 Å². The van der Waals surface area contributed by atoms with Gasteiger partial charge in [-0.05, 0) is 0 Å². The fourth-order valence-corrected chi connectivity index (χ4v) is 2.31. The van der Waals surface area contributed by atoms with Gasteiger partial charge in [-0.15, -0.1) is 22.7 Å². The highest BCUT2D eigenvalue weighted by molar-refractivity contribution is 7.11. The number of aromatic nitrogens is 2. The summed E-state index contributed by atoms with van der Waals surface area (Å²) in [5.41, 5.74) is 1.57. The highest BCUT2D eigenvalue weighted by Crippen LogP contribution is 2.10. The van der Waals surface area contributed by atoms with Crippen molar-refractivity contribution in [2.75, 3.05) is 0 Å². The van der Waals surface area contributed by atoms with Crippen molar-refractivity contribution in [2.24, 2.45) is 0 Å². The van der Waals surface area contributed by atoms with Crippen molar-refractivity contribution in [3.8, 4) is 0 Å². The van der Waals surface area contributed by atoms with Gasteiger partial charge in [-0.1, -0.05) is 0 Å². The van der Waals surface area contributed by atoms with Crippen LogP contribution in [0.5, 0.6) is 0 Å². The molecule has 8 heteroatoms. The summed E-state index contributed by atoms with van der Waals surface area (Å²) >= 11 is 2.44. The van der Waals surface area contributed by atoms with Gasteiger partial charge < -0.3 is 10.4 Å². The molecule has 1 amide bonds. The summed E-state index contributed by atoms with van der Waals surface area (Å²) in [6, 6.07) is 0. The van der Waals surface area contributed by atoms with Gasteiger partial charge in [-0.25, -0.2) is 9.78 Å². The van der Waals surface area contributed by atoms with Gasteiger partial charge in [0.2, 0.25) is 0 Å². The van der Waals surface area contributed by atoms with Crippen LogP contribution < -0.4 is 5.32 Å². The number of nitrogens with zero attached hydrogens (tertiary/aromatic N) is 2. The predicted octanol–water partition coefficient (Wildman–Crippen LogP) is 1.23. The Balaban J connectivity index is 1.93. The first-order valence-corrected chi connectivity index (χ1v) is 6.27. The topological polar surface area (TPSA) is 92.2 Å². The van der Waals surface area contributed by atoms with Gasteiger partial charge in [0.15, 0.2) is 5.69 Å². The molecule has 0 radical (unpaired) electrons. The molecule has 0 aliphatic carbocycles. The molecule has 0 aromatic carbocycles. The quantitative estimate of drug-likeness (QED) is 0.870. The average molecular weight is 269 g/mol. The molecule has 2 N–H and O–H groups in total. The van der Waals surface area contributed by atoms with Crippen LogP contribution in [0.15, 0.2) is 17.1 Å². The van der Waals surface area contributed by atoms with E-state index in [0.29, 0.717) is 9.88 Å². The zero-order chi connectivity index (χ0) is 12.3. The first-order chi connectivity index (χ1) is 8.16. The van der Waals surface area contributed by atoms with Crippen molar-refractivity contribution in [3.05, 3.63) is 32.7 Å². The fraction of sp³-hybridized carbons (Fsp3) is 0.111. The number of carbonyl (C=O) groups is 2. The maximum Gasteiger partial charge on any atom is 0.355 e. The third-order valence-corrected chi connectivity index (χ3v) is 3.45. The molecule has 0 unspecified atom stereocenters. The van der Waals surface area contributed by atoms with Crippen molar-refractivity contribution in [3.63, 3.8) is 0 Å². The second-order valence-corrected chi connectivity index (χ2v) is 4.81. The zero-order valence-electron chi connectivity index (χ0n) is 8.41. The smallest absolute Gasteiger partial charge is 0.355 e. The molecule has 0 aliphatic rings. The summed E-state index contributed by atoms with van der Waals surface area (Å²) in [6.45, 7) is 0.217. The second kappa shape index (κ2) is 5.02. The van der Waals surface area contributed by atoms with Gasteiger partial charge in [0.1, 0.15) is 9.88 Å². The molecule has 0 saturated carbocycles. The van der Waals surface area contributed by atoms with Crippen LogP contribution in [0, 0.1) is 0 Å². The van der Waals surface area contributed by atoms with Crippen molar-refractivity contribution in [1.82, 2.24) is 15.3 Å². The van der Waals surface area contributed by atoms with Gasteiger partial charge >= 0.3 is 5.97 Å². The normalized spacial score (nSPS) is 10.1. The molecule has 2 rings (SSSR count). The number of rotatable bonds is 4. The number of amides is 1. The largest absolute Gasteiger partial charge is 0.476 e. The highest BCUT2D eigenvalue weighted by Gasteiger charge is 2.10. The molecule has 0 aliphatic heterocycles. The minimum atomic E-state index is -1.07. The SMILES string of the molecule is O=C(O)c1csc(CNC(=O)c2cncs2)n1. The van der Waals surface area contributed by atoms with E-state index in [1.807, 2.05) is 0 Å². The zero-order valence-corrected chi connectivity index (χ0v) is 10.0. The summed E-state index contributed by atoms with van der Waals surface area (Å²) in [5, 5.41) is 13.3. The standard InChI is InChI=1S/C9H7N3O3S2/c13-8(6-1-10-4-17-6)11-2-7-12-5(3-16-7)9(14)15/h1,3-4H,2H2,(H,11,13)(H,14,15). The number of nitrogens with one attached hydrogen (secondary N) is 1. The van der Waals surface area contributed by atoms with Gasteiger partial charge in [-0.3, -0.25) is 9.78 Å². The number of carboxylic acid groups (broad SMARTS) is 1. The minimum Gasteiger partial charge on any atom is -0.476 e. The van der Waals surface area contributed by atoms with Crippen molar-refractivity contribution in [1.29, 1.82) is 0 Å². The number of aromatic carboxylic acids is 1. The third kappa shape index (κ3) is 2.86. The molecule has 2 aromatic heterocycles. The van der Waals surface area contributed by atoms with E-state index in [0.717, 1.165) is 0 Å². The summed E-state index contributed by atoms with van der Waals surface area (Å²) in [6.07, 6.45) is 1.48. The molecule has 0 bridgehead atoms. The maximum atomic E-state index is 11.5. The molecule has 2 heterocycles. The molecule has 0 saturated heterocycles. The third-order valence-electron chi connectivity index (χ3n) is 1.83. The van der Waals surface area contributed by atoms with E-state index >= 15 is 0 Å². The Morgan fingerprint density at radius 3 is 2.82 bits per heavy atom. The lowest BCUT2D eigenvalue weighted by molar-refractivity contribution is 0.0691. The molecule has 0 spiro atoms. The fourth-order valence-electron chi connectivity index (χ4n) is 1.06. The Morgan fingerprint density at radius 1 is 1.41 bits per heavy atom. The monoisotopic (exact) mass is 269 g/mol. The molecule has 88 valence electrons. The van der Waals surface area contributed by atoms with Crippen LogP contribution in [0.1, 0.15) is 25.2 Å². The molecule has 2 aromatic rings. The number of thiazole rings is 2. The Hall–Kier alpha value is -1.80. The summed E-state index contributed by atoms with van der Waals surface area (Å²) in [5.74, 6) is -1.30. The van der Waals surface area contributed by atoms with Crippen LogP contribution in [-0.2, 0) is 6.54 Å². The lowest BCUT2D eigenvalue weighted by Crippen LogP contribution is -2.21. The van der Waals surface area contributed by atoms with E-state index in [1.54, 1.807) is 5.51 Å². The molecule has 0 fully saturated rings. The highest BCUT2D eigenvalue weighted by atomic mass is 32.1. The van der Waals surface area contributed by atoms with Crippen LogP contribution in [0.2, 0.25) is 0 Å². The van der Waals surface area contributed by atoms with E-state index in [4.69, 9.17) is 5.11 Å². The summed E-state index contributed by atoms with van der Waals surface area (Å²) in [4.78, 5) is 30.3. The van der Waals surface area contributed by atoms with Gasteiger partial charge in [0.25, 0.3) is 5.91 Å². The van der Waals surface area contributed by atoms with E-state index in [9.17, 15) is 9.59 Å². The Labute approximate surface area is 104 Å². The minimum absolute atomic E-state index is 0.00274. The van der Waals surface area contributed by atoms with E-state index in [-0.39, 0.29) is 18.1 Å². The Kier molecular flexibility index (Phi) is 3.45. The molecule has 6 nitrogen and oxygen atoms in total. The first kappa shape index (κ1) is 11.7. The van der Waals surface area contributed by atoms with Gasteiger partial charge in [0, 0.05) is 5.38 Å². The predicted molar refractivity (Wildman–Crippen MR) is 62.4 cm³/mol. The Morgan fingerprint density at radius 2 is 2.24 bits per heavy atom. The van der Waals surface area contributed by atoms with Crippen LogP contribution in [-0.4, -0.2) is 27.0 Å². The number of hydrogen-bond acceptors (Lipinski definition) is 6. The van der Waals surface area contributed by atoms with Gasteiger partial charge in [0.05, 0.1) is 18.3 Å². The van der Waals surface area contributed by atoms with Crippen LogP contribution in [0.4, 0.5) is 0 Å². The van der Waals surface area contributed by atoms with Gasteiger partial charge in [-0.2, -0.15) is 0 Å². The van der Waals surface area contributed by atoms with Crippen LogP contribution in [0.3, 0.4) is 0 Å². The maximum absolute atomic E-state index is 11.5. The van der Waals surface area contributed by atoms with E-state index in [1.165, 1.54) is 34.3 Å². The average Bonchev–Trinajstić information content (AvgIpc) is 2.97.